The number of unbranched alkanes of at least 4 members (excludes halogenated alkanes) is 24. The number of halogens is 1. The number of allylic oxidation sites excluding steroid dienone is 4. The van der Waals surface area contributed by atoms with E-state index in [1.54, 1.807) is 0 Å². The summed E-state index contributed by atoms with van der Waals surface area (Å²) < 4.78 is 13.9. The van der Waals surface area contributed by atoms with Gasteiger partial charge in [0.2, 0.25) is 0 Å². The van der Waals surface area contributed by atoms with Crippen LogP contribution >= 0.6 is 0 Å². The summed E-state index contributed by atoms with van der Waals surface area (Å²) in [6, 6.07) is 0. The van der Waals surface area contributed by atoms with Crippen molar-refractivity contribution in [1.29, 1.82) is 0 Å². The van der Waals surface area contributed by atoms with Gasteiger partial charge in [-0.2, -0.15) is 0 Å². The Balaban J connectivity index is 0. The van der Waals surface area contributed by atoms with Crippen molar-refractivity contribution in [3.63, 3.8) is 0 Å². The first-order chi connectivity index (χ1) is 23.7. The smallest absolute Gasteiger partial charge is 0.130 e. The lowest BCUT2D eigenvalue weighted by atomic mass is 10.1. The van der Waals surface area contributed by atoms with Crippen molar-refractivity contribution in [2.75, 3.05) is 46.0 Å². The highest BCUT2D eigenvalue weighted by Gasteiger charge is 2.26. The maximum absolute atomic E-state index is 6.50. The maximum Gasteiger partial charge on any atom is 0.130 e. The van der Waals surface area contributed by atoms with Gasteiger partial charge in [0.15, 0.2) is 0 Å². The molecule has 0 saturated heterocycles. The normalized spacial score (nSPS) is 12.8. The van der Waals surface area contributed by atoms with E-state index in [2.05, 4.69) is 58.9 Å². The first kappa shape index (κ1) is 50.8. The molecule has 49 heavy (non-hydrogen) atoms. The SMILES string of the molecule is CCCCCCCC/C=C\CCCCCCCCOCC(C[N+](CC)(CC)CC)OCCCCCCCC/C=C\CCCCCCCC.[Cl-]. The molecule has 0 aromatic heterocycles. The quantitative estimate of drug-likeness (QED) is 0.0358. The van der Waals surface area contributed by atoms with Crippen LogP contribution in [0.25, 0.3) is 0 Å². The average molecular weight is 713 g/mol. The van der Waals surface area contributed by atoms with E-state index in [9.17, 15) is 0 Å². The third kappa shape index (κ3) is 35.8. The van der Waals surface area contributed by atoms with Gasteiger partial charge in [-0.3, -0.25) is 0 Å². The van der Waals surface area contributed by atoms with Gasteiger partial charge >= 0.3 is 0 Å². The van der Waals surface area contributed by atoms with E-state index < -0.39 is 0 Å². The van der Waals surface area contributed by atoms with Crippen molar-refractivity contribution in [2.45, 2.75) is 221 Å². The minimum absolute atomic E-state index is 0. The number of nitrogens with zero attached hydrogens (tertiary/aromatic N) is 1. The molecule has 0 amide bonds. The number of ether oxygens (including phenoxy) is 2. The Hall–Kier alpha value is -0.350. The zero-order chi connectivity index (χ0) is 35.1. The standard InChI is InChI=1S/C45H90NO2.ClH/c1-6-11-13-15-17-19-21-23-25-27-29-31-33-35-37-39-41-47-44-45(43-46(8-3,9-4)10-5)48-42-40-38-36-34-32-30-28-26-24-22-20-18-16-14-12-7-2;/h23-26,45H,6-22,27-44H2,1-5H3;1H/q+1;/p-1/b25-23-,26-24-;. The molecule has 0 aromatic rings. The number of rotatable bonds is 40. The summed E-state index contributed by atoms with van der Waals surface area (Å²) in [6.45, 7) is 18.8. The van der Waals surface area contributed by atoms with Crippen molar-refractivity contribution >= 4 is 0 Å². The second-order valence-corrected chi connectivity index (χ2v) is 14.9. The molecule has 0 aliphatic heterocycles. The van der Waals surface area contributed by atoms with E-state index >= 15 is 0 Å². The van der Waals surface area contributed by atoms with Crippen LogP contribution in [-0.2, 0) is 9.47 Å². The molecule has 4 heteroatoms. The Morgan fingerprint density at radius 2 is 0.735 bits per heavy atom. The van der Waals surface area contributed by atoms with E-state index in [4.69, 9.17) is 9.47 Å². The van der Waals surface area contributed by atoms with Crippen LogP contribution < -0.4 is 12.4 Å². The molecule has 1 unspecified atom stereocenters. The molecule has 0 heterocycles. The minimum atomic E-state index is 0. The van der Waals surface area contributed by atoms with Crippen molar-refractivity contribution < 1.29 is 26.4 Å². The third-order valence-corrected chi connectivity index (χ3v) is 10.7. The summed E-state index contributed by atoms with van der Waals surface area (Å²) in [5, 5.41) is 0. The Labute approximate surface area is 316 Å². The fourth-order valence-corrected chi connectivity index (χ4v) is 6.91. The lowest BCUT2D eigenvalue weighted by Crippen LogP contribution is -3.00. The van der Waals surface area contributed by atoms with Gasteiger partial charge in [-0.25, -0.2) is 0 Å². The summed E-state index contributed by atoms with van der Waals surface area (Å²) in [5.74, 6) is 0. The van der Waals surface area contributed by atoms with Gasteiger partial charge in [0.1, 0.15) is 12.6 Å². The zero-order valence-corrected chi connectivity index (χ0v) is 35.0. The van der Waals surface area contributed by atoms with Crippen molar-refractivity contribution in [2.24, 2.45) is 0 Å². The van der Waals surface area contributed by atoms with Crippen LogP contribution in [0.3, 0.4) is 0 Å². The minimum Gasteiger partial charge on any atom is -1.00 e. The number of hydrogen-bond donors (Lipinski definition) is 0. The second-order valence-electron chi connectivity index (χ2n) is 14.9. The molecule has 3 nitrogen and oxygen atoms in total. The molecule has 0 aliphatic rings. The molecule has 0 fully saturated rings. The fourth-order valence-electron chi connectivity index (χ4n) is 6.91. The summed E-state index contributed by atoms with van der Waals surface area (Å²) in [4.78, 5) is 0. The van der Waals surface area contributed by atoms with Gasteiger partial charge in [-0.15, -0.1) is 0 Å². The molecule has 0 N–H and O–H groups in total. The fraction of sp³-hybridized carbons (Fsp3) is 0.911. The summed E-state index contributed by atoms with van der Waals surface area (Å²) in [6.07, 6.45) is 47.7. The van der Waals surface area contributed by atoms with E-state index in [0.29, 0.717) is 0 Å². The van der Waals surface area contributed by atoms with E-state index in [0.717, 1.165) is 30.8 Å². The Kier molecular flexibility index (Phi) is 43.6. The molecule has 1 atom stereocenters. The van der Waals surface area contributed by atoms with Crippen LogP contribution in [-0.4, -0.2) is 56.6 Å². The van der Waals surface area contributed by atoms with E-state index in [1.807, 2.05) is 0 Å². The highest BCUT2D eigenvalue weighted by molar-refractivity contribution is 4.82. The molecule has 0 saturated carbocycles. The lowest BCUT2D eigenvalue weighted by molar-refractivity contribution is -0.926. The molecular weight excluding hydrogens is 622 g/mol. The van der Waals surface area contributed by atoms with Gasteiger partial charge in [0.05, 0.1) is 26.2 Å². The van der Waals surface area contributed by atoms with Gasteiger partial charge in [0.25, 0.3) is 0 Å². The largest absolute Gasteiger partial charge is 1.00 e. The van der Waals surface area contributed by atoms with Crippen LogP contribution in [0.5, 0.6) is 0 Å². The Morgan fingerprint density at radius 3 is 1.10 bits per heavy atom. The Morgan fingerprint density at radius 1 is 0.408 bits per heavy atom. The predicted octanol–water partition coefficient (Wildman–Crippen LogP) is 11.3. The van der Waals surface area contributed by atoms with E-state index in [-0.39, 0.29) is 18.5 Å². The summed E-state index contributed by atoms with van der Waals surface area (Å²) in [5.41, 5.74) is 0. The first-order valence-electron chi connectivity index (χ1n) is 22.0. The van der Waals surface area contributed by atoms with E-state index in [1.165, 1.54) is 199 Å². The van der Waals surface area contributed by atoms with Gasteiger partial charge in [0, 0.05) is 13.2 Å². The highest BCUT2D eigenvalue weighted by atomic mass is 35.5. The molecule has 0 aromatic carbocycles. The van der Waals surface area contributed by atoms with Crippen LogP contribution in [0.2, 0.25) is 0 Å². The highest BCUT2D eigenvalue weighted by Crippen LogP contribution is 2.14. The average Bonchev–Trinajstić information content (AvgIpc) is 3.11. The van der Waals surface area contributed by atoms with Crippen LogP contribution in [0.15, 0.2) is 24.3 Å². The number of hydrogen-bond acceptors (Lipinski definition) is 2. The topological polar surface area (TPSA) is 18.5 Å². The molecule has 0 spiro atoms. The zero-order valence-electron chi connectivity index (χ0n) is 34.3. The van der Waals surface area contributed by atoms with Crippen molar-refractivity contribution in [3.05, 3.63) is 24.3 Å². The van der Waals surface area contributed by atoms with Gasteiger partial charge in [-0.05, 0) is 85.0 Å². The summed E-state index contributed by atoms with van der Waals surface area (Å²) >= 11 is 0. The molecule has 0 aliphatic carbocycles. The lowest BCUT2D eigenvalue weighted by Gasteiger charge is -2.38. The third-order valence-electron chi connectivity index (χ3n) is 10.7. The second kappa shape index (κ2) is 42.1. The maximum atomic E-state index is 6.50. The van der Waals surface area contributed by atoms with Gasteiger partial charge in [-0.1, -0.05) is 154 Å². The molecule has 0 bridgehead atoms. The van der Waals surface area contributed by atoms with Crippen LogP contribution in [0.1, 0.15) is 214 Å². The monoisotopic (exact) mass is 712 g/mol. The van der Waals surface area contributed by atoms with Crippen LogP contribution in [0.4, 0.5) is 0 Å². The number of quaternary nitrogens is 1. The van der Waals surface area contributed by atoms with Crippen molar-refractivity contribution in [3.8, 4) is 0 Å². The van der Waals surface area contributed by atoms with Crippen LogP contribution in [0, 0.1) is 0 Å². The molecule has 0 radical (unpaired) electrons. The summed E-state index contributed by atoms with van der Waals surface area (Å²) in [7, 11) is 0. The molecular formula is C45H90ClNO2. The first-order valence-corrected chi connectivity index (χ1v) is 22.0. The predicted molar refractivity (Wildman–Crippen MR) is 216 cm³/mol. The number of likely N-dealkylation sites (N-methyl/N-ethyl adjacent to an activating group) is 1. The Bertz CT molecular complexity index is 654. The molecule has 0 rings (SSSR count). The van der Waals surface area contributed by atoms with Crippen molar-refractivity contribution in [1.82, 2.24) is 0 Å². The molecule has 294 valence electrons. The van der Waals surface area contributed by atoms with Gasteiger partial charge < -0.3 is 26.4 Å².